The largest absolute Gasteiger partial charge is 0.303 e. The summed E-state index contributed by atoms with van der Waals surface area (Å²) < 4.78 is 0. The summed E-state index contributed by atoms with van der Waals surface area (Å²) >= 11 is 6.00. The number of anilines is 1. The van der Waals surface area contributed by atoms with E-state index in [1.165, 1.54) is 0 Å². The number of hydrogen-bond acceptors (Lipinski definition) is 4. The zero-order chi connectivity index (χ0) is 14.7. The molecule has 1 aliphatic rings. The number of pyridine rings is 1. The first-order chi connectivity index (χ1) is 10.3. The Morgan fingerprint density at radius 1 is 1.29 bits per heavy atom. The minimum absolute atomic E-state index is 0.362. The quantitative estimate of drug-likeness (QED) is 0.882. The van der Waals surface area contributed by atoms with Crippen LogP contribution in [0.3, 0.4) is 0 Å². The molecular weight excluding hydrogens is 286 g/mol. The Morgan fingerprint density at radius 2 is 2.19 bits per heavy atom. The number of hydrazine groups is 1. The molecule has 1 aromatic carbocycles. The molecule has 0 fully saturated rings. The molecule has 3 rings (SSSR count). The van der Waals surface area contributed by atoms with Gasteiger partial charge in [-0.1, -0.05) is 29.8 Å². The van der Waals surface area contributed by atoms with E-state index in [9.17, 15) is 4.79 Å². The number of nitrogens with zero attached hydrogens (tertiary/aromatic N) is 2. The number of benzene rings is 1. The summed E-state index contributed by atoms with van der Waals surface area (Å²) in [5, 5.41) is 2.45. The van der Waals surface area contributed by atoms with E-state index >= 15 is 0 Å². The lowest BCUT2D eigenvalue weighted by atomic mass is 10.0. The molecule has 1 aliphatic heterocycles. The van der Waals surface area contributed by atoms with E-state index in [2.05, 4.69) is 10.4 Å². The predicted molar refractivity (Wildman–Crippen MR) is 82.9 cm³/mol. The standard InChI is InChI=1S/C16H14ClN3O/c17-14-5-3-4-12(9-14)8-13-10-19-20(15(13)11-21)16-6-1-2-7-18-16/h1-7,9-11,15,19H,8H2. The van der Waals surface area contributed by atoms with E-state index < -0.39 is 0 Å². The van der Waals surface area contributed by atoms with E-state index in [4.69, 9.17) is 11.6 Å². The Balaban J connectivity index is 1.80. The maximum atomic E-state index is 11.5. The van der Waals surface area contributed by atoms with Crippen LogP contribution in [0, 0.1) is 0 Å². The minimum atomic E-state index is -0.362. The zero-order valence-corrected chi connectivity index (χ0v) is 12.0. The predicted octanol–water partition coefficient (Wildman–Crippen LogP) is 2.75. The van der Waals surface area contributed by atoms with Crippen molar-refractivity contribution in [1.82, 2.24) is 10.4 Å². The first-order valence-corrected chi connectivity index (χ1v) is 7.01. The van der Waals surface area contributed by atoms with Crippen molar-refractivity contribution in [3.8, 4) is 0 Å². The summed E-state index contributed by atoms with van der Waals surface area (Å²) in [7, 11) is 0. The van der Waals surface area contributed by atoms with Gasteiger partial charge in [0.25, 0.3) is 0 Å². The number of carbonyl (C=O) groups is 1. The van der Waals surface area contributed by atoms with Crippen LogP contribution in [0.1, 0.15) is 5.56 Å². The van der Waals surface area contributed by atoms with Crippen LogP contribution in [0.25, 0.3) is 0 Å². The SMILES string of the molecule is O=CC1C(Cc2cccc(Cl)c2)=CNN1c1ccccn1. The number of halogens is 1. The molecule has 0 spiro atoms. The van der Waals surface area contributed by atoms with E-state index in [1.54, 1.807) is 11.2 Å². The van der Waals surface area contributed by atoms with Gasteiger partial charge in [-0.05, 0) is 41.8 Å². The van der Waals surface area contributed by atoms with Crippen LogP contribution in [0.2, 0.25) is 5.02 Å². The number of rotatable bonds is 4. The summed E-state index contributed by atoms with van der Waals surface area (Å²) in [5.74, 6) is 0.715. The van der Waals surface area contributed by atoms with Gasteiger partial charge in [-0.2, -0.15) is 0 Å². The Kier molecular flexibility index (Phi) is 3.88. The van der Waals surface area contributed by atoms with Gasteiger partial charge in [0.15, 0.2) is 0 Å². The molecule has 4 nitrogen and oxygen atoms in total. The van der Waals surface area contributed by atoms with Crippen LogP contribution in [-0.4, -0.2) is 17.3 Å². The number of aldehydes is 1. The third-order valence-corrected chi connectivity index (χ3v) is 3.60. The highest BCUT2D eigenvalue weighted by Gasteiger charge is 2.28. The van der Waals surface area contributed by atoms with Crippen LogP contribution >= 0.6 is 11.6 Å². The Hall–Kier alpha value is -2.33. The Morgan fingerprint density at radius 3 is 2.90 bits per heavy atom. The van der Waals surface area contributed by atoms with E-state index in [0.29, 0.717) is 17.3 Å². The fourth-order valence-corrected chi connectivity index (χ4v) is 2.59. The molecule has 21 heavy (non-hydrogen) atoms. The second-order valence-electron chi connectivity index (χ2n) is 4.79. The fourth-order valence-electron chi connectivity index (χ4n) is 2.38. The zero-order valence-electron chi connectivity index (χ0n) is 11.2. The first kappa shape index (κ1) is 13.6. The van der Waals surface area contributed by atoms with Crippen molar-refractivity contribution in [2.45, 2.75) is 12.5 Å². The minimum Gasteiger partial charge on any atom is -0.303 e. The molecule has 106 valence electrons. The molecule has 0 amide bonds. The third kappa shape index (κ3) is 2.90. The maximum Gasteiger partial charge on any atom is 0.148 e. The van der Waals surface area contributed by atoms with Crippen molar-refractivity contribution in [3.05, 3.63) is 71.0 Å². The summed E-state index contributed by atoms with van der Waals surface area (Å²) in [5.41, 5.74) is 5.16. The smallest absolute Gasteiger partial charge is 0.148 e. The van der Waals surface area contributed by atoms with Gasteiger partial charge in [-0.25, -0.2) is 4.98 Å². The van der Waals surface area contributed by atoms with Gasteiger partial charge in [0.2, 0.25) is 0 Å². The topological polar surface area (TPSA) is 45.2 Å². The number of aromatic nitrogens is 1. The van der Waals surface area contributed by atoms with Gasteiger partial charge >= 0.3 is 0 Å². The molecule has 2 aromatic rings. The van der Waals surface area contributed by atoms with Crippen LogP contribution < -0.4 is 10.4 Å². The summed E-state index contributed by atoms with van der Waals surface area (Å²) in [6.07, 6.45) is 5.15. The van der Waals surface area contributed by atoms with Crippen LogP contribution in [0.15, 0.2) is 60.4 Å². The molecule has 0 radical (unpaired) electrons. The molecule has 1 aromatic heterocycles. The van der Waals surface area contributed by atoms with Crippen molar-refractivity contribution in [3.63, 3.8) is 0 Å². The second-order valence-corrected chi connectivity index (χ2v) is 5.23. The van der Waals surface area contributed by atoms with Crippen molar-refractivity contribution in [2.24, 2.45) is 0 Å². The lowest BCUT2D eigenvalue weighted by Gasteiger charge is -2.23. The Labute approximate surface area is 128 Å². The summed E-state index contributed by atoms with van der Waals surface area (Å²) in [6.45, 7) is 0. The van der Waals surface area contributed by atoms with Crippen LogP contribution in [0.5, 0.6) is 0 Å². The van der Waals surface area contributed by atoms with E-state index in [0.717, 1.165) is 17.4 Å². The molecule has 0 aliphatic carbocycles. The molecule has 1 N–H and O–H groups in total. The van der Waals surface area contributed by atoms with Crippen LogP contribution in [-0.2, 0) is 11.2 Å². The molecule has 0 saturated carbocycles. The van der Waals surface area contributed by atoms with Crippen molar-refractivity contribution in [2.75, 3.05) is 5.01 Å². The number of nitrogens with one attached hydrogen (secondary N) is 1. The maximum absolute atomic E-state index is 11.5. The molecular formula is C16H14ClN3O. The van der Waals surface area contributed by atoms with Gasteiger partial charge < -0.3 is 10.2 Å². The lowest BCUT2D eigenvalue weighted by molar-refractivity contribution is -0.108. The highest BCUT2D eigenvalue weighted by atomic mass is 35.5. The molecule has 0 saturated heterocycles. The average molecular weight is 300 g/mol. The summed E-state index contributed by atoms with van der Waals surface area (Å²) in [6, 6.07) is 12.9. The molecule has 2 heterocycles. The fraction of sp³-hybridized carbons (Fsp3) is 0.125. The normalized spacial score (nSPS) is 17.3. The first-order valence-electron chi connectivity index (χ1n) is 6.63. The van der Waals surface area contributed by atoms with Crippen molar-refractivity contribution >= 4 is 23.7 Å². The third-order valence-electron chi connectivity index (χ3n) is 3.37. The molecule has 0 bridgehead atoms. The van der Waals surface area contributed by atoms with Crippen molar-refractivity contribution in [1.29, 1.82) is 0 Å². The van der Waals surface area contributed by atoms with Gasteiger partial charge in [-0.3, -0.25) is 5.01 Å². The molecule has 5 heteroatoms. The van der Waals surface area contributed by atoms with Gasteiger partial charge in [-0.15, -0.1) is 0 Å². The highest BCUT2D eigenvalue weighted by Crippen LogP contribution is 2.23. The number of carbonyl (C=O) groups excluding carboxylic acids is 1. The molecule has 1 atom stereocenters. The Bertz CT molecular complexity index is 672. The van der Waals surface area contributed by atoms with Crippen molar-refractivity contribution < 1.29 is 4.79 Å². The lowest BCUT2D eigenvalue weighted by Crippen LogP contribution is -2.40. The number of hydrogen-bond donors (Lipinski definition) is 1. The van der Waals surface area contributed by atoms with E-state index in [-0.39, 0.29) is 6.04 Å². The molecule has 1 unspecified atom stereocenters. The van der Waals surface area contributed by atoms with Gasteiger partial charge in [0.1, 0.15) is 18.1 Å². The van der Waals surface area contributed by atoms with Gasteiger partial charge in [0, 0.05) is 17.4 Å². The highest BCUT2D eigenvalue weighted by molar-refractivity contribution is 6.30. The average Bonchev–Trinajstić information content (AvgIpc) is 2.91. The van der Waals surface area contributed by atoms with Gasteiger partial charge in [0.05, 0.1) is 0 Å². The van der Waals surface area contributed by atoms with E-state index in [1.807, 2.05) is 48.7 Å². The monoisotopic (exact) mass is 299 g/mol. The summed E-state index contributed by atoms with van der Waals surface area (Å²) in [4.78, 5) is 15.7. The second kappa shape index (κ2) is 5.97. The van der Waals surface area contributed by atoms with Crippen LogP contribution in [0.4, 0.5) is 5.82 Å².